The smallest absolute Gasteiger partial charge is 0.340 e. The molecule has 1 amide bonds. The van der Waals surface area contributed by atoms with Crippen molar-refractivity contribution in [2.45, 2.75) is 25.9 Å². The molecule has 0 aliphatic carbocycles. The summed E-state index contributed by atoms with van der Waals surface area (Å²) in [5.74, 6) is -1.26. The van der Waals surface area contributed by atoms with Crippen LogP contribution in [0.5, 0.6) is 0 Å². The maximum atomic E-state index is 13.3. The van der Waals surface area contributed by atoms with E-state index in [1.807, 2.05) is 4.90 Å². The van der Waals surface area contributed by atoms with Crippen LogP contribution >= 0.6 is 0 Å². The second-order valence-electron chi connectivity index (χ2n) is 6.36. The zero-order valence-electron chi connectivity index (χ0n) is 14.4. The number of nitrogens with zero attached hydrogens (tertiary/aromatic N) is 1. The van der Waals surface area contributed by atoms with E-state index in [1.54, 1.807) is 24.3 Å². The standard InChI is InChI=1S/C20H21FN2O3/c21-16-7-8-18(22)17(12-16)20(25)26-13-14-5-4-6-15(11-14)19(24)23-9-2-1-3-10-23/h4-8,11-12H,1-3,9-10,13,22H2. The topological polar surface area (TPSA) is 72.6 Å². The Balaban J connectivity index is 1.66. The van der Waals surface area contributed by atoms with Gasteiger partial charge < -0.3 is 15.4 Å². The minimum absolute atomic E-state index is 0.00717. The fourth-order valence-electron chi connectivity index (χ4n) is 3.01. The van der Waals surface area contributed by atoms with E-state index >= 15 is 0 Å². The molecule has 2 aromatic rings. The van der Waals surface area contributed by atoms with Gasteiger partial charge in [-0.2, -0.15) is 0 Å². The van der Waals surface area contributed by atoms with E-state index in [9.17, 15) is 14.0 Å². The molecule has 0 bridgehead atoms. The molecule has 0 saturated carbocycles. The SMILES string of the molecule is Nc1ccc(F)cc1C(=O)OCc1cccc(C(=O)N2CCCCC2)c1. The number of carbonyl (C=O) groups excluding carboxylic acids is 2. The number of amides is 1. The lowest BCUT2D eigenvalue weighted by atomic mass is 10.1. The Labute approximate surface area is 151 Å². The first-order chi connectivity index (χ1) is 12.5. The molecular formula is C20H21FN2O3. The van der Waals surface area contributed by atoms with Gasteiger partial charge in [0.1, 0.15) is 12.4 Å². The highest BCUT2D eigenvalue weighted by atomic mass is 19.1. The minimum Gasteiger partial charge on any atom is -0.457 e. The number of ether oxygens (including phenoxy) is 1. The molecule has 0 spiro atoms. The summed E-state index contributed by atoms with van der Waals surface area (Å²) in [5.41, 5.74) is 7.10. The van der Waals surface area contributed by atoms with Crippen molar-refractivity contribution in [2.24, 2.45) is 0 Å². The van der Waals surface area contributed by atoms with Crippen LogP contribution in [-0.4, -0.2) is 29.9 Å². The van der Waals surface area contributed by atoms with Crippen LogP contribution in [0.2, 0.25) is 0 Å². The van der Waals surface area contributed by atoms with Crippen LogP contribution in [-0.2, 0) is 11.3 Å². The monoisotopic (exact) mass is 356 g/mol. The molecule has 1 aliphatic rings. The summed E-state index contributed by atoms with van der Waals surface area (Å²) in [6.45, 7) is 1.53. The van der Waals surface area contributed by atoms with E-state index in [-0.39, 0.29) is 23.8 Å². The number of benzene rings is 2. The van der Waals surface area contributed by atoms with Gasteiger partial charge in [-0.25, -0.2) is 9.18 Å². The first-order valence-electron chi connectivity index (χ1n) is 8.65. The molecular weight excluding hydrogens is 335 g/mol. The molecule has 0 unspecified atom stereocenters. The van der Waals surface area contributed by atoms with E-state index in [2.05, 4.69) is 0 Å². The highest BCUT2D eigenvalue weighted by Crippen LogP contribution is 2.17. The van der Waals surface area contributed by atoms with Crippen LogP contribution in [0.4, 0.5) is 10.1 Å². The summed E-state index contributed by atoms with van der Waals surface area (Å²) in [5, 5.41) is 0. The third-order valence-electron chi connectivity index (χ3n) is 4.42. The van der Waals surface area contributed by atoms with Crippen molar-refractivity contribution in [3.63, 3.8) is 0 Å². The highest BCUT2D eigenvalue weighted by Gasteiger charge is 2.18. The minimum atomic E-state index is -0.699. The third kappa shape index (κ3) is 4.20. The molecule has 2 N–H and O–H groups in total. The molecule has 26 heavy (non-hydrogen) atoms. The maximum Gasteiger partial charge on any atom is 0.340 e. The Morgan fingerprint density at radius 1 is 1.08 bits per heavy atom. The van der Waals surface area contributed by atoms with E-state index in [0.29, 0.717) is 11.1 Å². The van der Waals surface area contributed by atoms with E-state index in [1.165, 1.54) is 12.1 Å². The Morgan fingerprint density at radius 2 is 1.85 bits per heavy atom. The second-order valence-corrected chi connectivity index (χ2v) is 6.36. The number of nitrogens with two attached hydrogens (primary N) is 1. The van der Waals surface area contributed by atoms with Crippen molar-refractivity contribution < 1.29 is 18.7 Å². The predicted molar refractivity (Wildman–Crippen MR) is 96.1 cm³/mol. The lowest BCUT2D eigenvalue weighted by molar-refractivity contribution is 0.0473. The Morgan fingerprint density at radius 3 is 2.62 bits per heavy atom. The summed E-state index contributed by atoms with van der Waals surface area (Å²) < 4.78 is 18.5. The number of anilines is 1. The zero-order chi connectivity index (χ0) is 18.5. The number of nitrogen functional groups attached to an aromatic ring is 1. The molecule has 1 saturated heterocycles. The summed E-state index contributed by atoms with van der Waals surface area (Å²) in [6.07, 6.45) is 3.21. The first-order valence-corrected chi connectivity index (χ1v) is 8.65. The molecule has 5 nitrogen and oxygen atoms in total. The number of carbonyl (C=O) groups is 2. The highest BCUT2D eigenvalue weighted by molar-refractivity contribution is 5.95. The Hall–Kier alpha value is -2.89. The molecule has 0 aromatic heterocycles. The van der Waals surface area contributed by atoms with Gasteiger partial charge in [-0.3, -0.25) is 4.79 Å². The summed E-state index contributed by atoms with van der Waals surface area (Å²) in [7, 11) is 0. The third-order valence-corrected chi connectivity index (χ3v) is 4.42. The molecule has 0 radical (unpaired) electrons. The van der Waals surface area contributed by atoms with Gasteiger partial charge >= 0.3 is 5.97 Å². The molecule has 1 heterocycles. The van der Waals surface area contributed by atoms with Gasteiger partial charge in [0, 0.05) is 24.3 Å². The van der Waals surface area contributed by atoms with Crippen molar-refractivity contribution in [3.8, 4) is 0 Å². The van der Waals surface area contributed by atoms with Crippen LogP contribution in [0.3, 0.4) is 0 Å². The number of esters is 1. The quantitative estimate of drug-likeness (QED) is 0.673. The lowest BCUT2D eigenvalue weighted by Gasteiger charge is -2.26. The second kappa shape index (κ2) is 7.99. The molecule has 2 aromatic carbocycles. The fourth-order valence-corrected chi connectivity index (χ4v) is 3.01. The van der Waals surface area contributed by atoms with Crippen LogP contribution < -0.4 is 5.73 Å². The largest absolute Gasteiger partial charge is 0.457 e. The van der Waals surface area contributed by atoms with E-state index in [0.717, 1.165) is 38.4 Å². The van der Waals surface area contributed by atoms with Crippen LogP contribution in [0, 0.1) is 5.82 Å². The number of halogens is 1. The number of hydrogen-bond acceptors (Lipinski definition) is 4. The van der Waals surface area contributed by atoms with E-state index in [4.69, 9.17) is 10.5 Å². The number of piperidine rings is 1. The van der Waals surface area contributed by atoms with Crippen molar-refractivity contribution in [1.29, 1.82) is 0 Å². The van der Waals surface area contributed by atoms with Gasteiger partial charge in [0.25, 0.3) is 5.91 Å². The zero-order valence-corrected chi connectivity index (χ0v) is 14.4. The van der Waals surface area contributed by atoms with Crippen LogP contribution in [0.15, 0.2) is 42.5 Å². The lowest BCUT2D eigenvalue weighted by Crippen LogP contribution is -2.35. The number of likely N-dealkylation sites (tertiary alicyclic amines) is 1. The molecule has 1 fully saturated rings. The molecule has 0 atom stereocenters. The number of rotatable bonds is 4. The Bertz CT molecular complexity index is 816. The van der Waals surface area contributed by atoms with Crippen molar-refractivity contribution in [2.75, 3.05) is 18.8 Å². The van der Waals surface area contributed by atoms with Crippen LogP contribution in [0.25, 0.3) is 0 Å². The van der Waals surface area contributed by atoms with E-state index < -0.39 is 11.8 Å². The summed E-state index contributed by atoms with van der Waals surface area (Å²) in [6, 6.07) is 10.6. The van der Waals surface area contributed by atoms with Crippen molar-refractivity contribution in [3.05, 3.63) is 65.0 Å². The van der Waals surface area contributed by atoms with Gasteiger partial charge in [0.2, 0.25) is 0 Å². The average molecular weight is 356 g/mol. The molecule has 136 valence electrons. The normalized spacial score (nSPS) is 14.1. The van der Waals surface area contributed by atoms with Gasteiger partial charge in [0.15, 0.2) is 0 Å². The van der Waals surface area contributed by atoms with Gasteiger partial charge in [0.05, 0.1) is 5.56 Å². The maximum absolute atomic E-state index is 13.3. The van der Waals surface area contributed by atoms with Gasteiger partial charge in [-0.15, -0.1) is 0 Å². The molecule has 1 aliphatic heterocycles. The van der Waals surface area contributed by atoms with Gasteiger partial charge in [-0.05, 0) is 55.2 Å². The number of hydrogen-bond donors (Lipinski definition) is 1. The fraction of sp³-hybridized carbons (Fsp3) is 0.300. The van der Waals surface area contributed by atoms with Gasteiger partial charge in [-0.1, -0.05) is 12.1 Å². The van der Waals surface area contributed by atoms with Crippen molar-refractivity contribution in [1.82, 2.24) is 4.90 Å². The molecule has 6 heteroatoms. The molecule has 3 rings (SSSR count). The summed E-state index contributed by atoms with van der Waals surface area (Å²) in [4.78, 5) is 26.5. The van der Waals surface area contributed by atoms with Crippen LogP contribution in [0.1, 0.15) is 45.5 Å². The van der Waals surface area contributed by atoms with Crippen molar-refractivity contribution >= 4 is 17.6 Å². The first kappa shape index (κ1) is 17.9. The average Bonchev–Trinajstić information content (AvgIpc) is 2.68. The predicted octanol–water partition coefficient (Wildman–Crippen LogP) is 3.39. The Kier molecular flexibility index (Phi) is 5.51. The summed E-state index contributed by atoms with van der Waals surface area (Å²) >= 11 is 0.